The topological polar surface area (TPSA) is 54.0 Å². The number of benzene rings is 3. The summed E-state index contributed by atoms with van der Waals surface area (Å²) in [6, 6.07) is 22.9. The lowest BCUT2D eigenvalue weighted by Gasteiger charge is -2.32. The molecule has 31 heavy (non-hydrogen) atoms. The molecule has 0 aromatic heterocycles. The van der Waals surface area contributed by atoms with Gasteiger partial charge in [-0.25, -0.2) is 4.79 Å². The van der Waals surface area contributed by atoms with Gasteiger partial charge >= 0.3 is 14.3 Å². The number of hydrogen-bond donors (Lipinski definition) is 0. The highest BCUT2D eigenvalue weighted by Crippen LogP contribution is 2.18. The maximum atomic E-state index is 12.9. The van der Waals surface area contributed by atoms with Gasteiger partial charge in [-0.15, -0.1) is 0 Å². The lowest BCUT2D eigenvalue weighted by atomic mass is 10.3. The standard InChI is InChI=1S/C25H26O5Si/c1-18(2)25(26)30-31(22-12-6-19(27-3)7-13-22,23-14-8-20(28-4)9-15-23)24-16-10-21(29-5)11-17-24/h6-17H,1H2,2-5H3. The van der Waals surface area contributed by atoms with Crippen LogP contribution in [0, 0.1) is 0 Å². The first-order chi connectivity index (χ1) is 14.9. The first-order valence-corrected chi connectivity index (χ1v) is 11.7. The summed E-state index contributed by atoms with van der Waals surface area (Å²) >= 11 is 0. The second kappa shape index (κ2) is 9.53. The summed E-state index contributed by atoms with van der Waals surface area (Å²) in [5, 5.41) is 2.70. The minimum Gasteiger partial charge on any atom is -0.502 e. The van der Waals surface area contributed by atoms with Crippen LogP contribution in [0.25, 0.3) is 0 Å². The zero-order valence-corrected chi connectivity index (χ0v) is 19.2. The van der Waals surface area contributed by atoms with Crippen molar-refractivity contribution in [3.8, 4) is 17.2 Å². The minimum atomic E-state index is -3.23. The Kier molecular flexibility index (Phi) is 6.82. The smallest absolute Gasteiger partial charge is 0.350 e. The van der Waals surface area contributed by atoms with Crippen molar-refractivity contribution in [2.45, 2.75) is 6.92 Å². The van der Waals surface area contributed by atoms with Gasteiger partial charge < -0.3 is 18.6 Å². The largest absolute Gasteiger partial charge is 0.502 e. The third-order valence-electron chi connectivity index (χ3n) is 5.08. The van der Waals surface area contributed by atoms with E-state index in [0.29, 0.717) is 5.57 Å². The third-order valence-corrected chi connectivity index (χ3v) is 9.01. The van der Waals surface area contributed by atoms with Gasteiger partial charge in [0.25, 0.3) is 0 Å². The van der Waals surface area contributed by atoms with Crippen molar-refractivity contribution in [3.63, 3.8) is 0 Å². The van der Waals surface area contributed by atoms with Crippen molar-refractivity contribution in [2.75, 3.05) is 21.3 Å². The molecule has 6 heteroatoms. The fourth-order valence-corrected chi connectivity index (χ4v) is 7.09. The van der Waals surface area contributed by atoms with Crippen molar-refractivity contribution in [1.82, 2.24) is 0 Å². The van der Waals surface area contributed by atoms with E-state index in [1.165, 1.54) is 0 Å². The minimum absolute atomic E-state index is 0.340. The molecule has 0 bridgehead atoms. The molecule has 0 fully saturated rings. The number of carbonyl (C=O) groups excluding carboxylic acids is 1. The molecule has 160 valence electrons. The number of ether oxygens (including phenoxy) is 3. The van der Waals surface area contributed by atoms with Crippen molar-refractivity contribution in [2.24, 2.45) is 0 Å². The molecule has 0 aliphatic heterocycles. The van der Waals surface area contributed by atoms with Crippen LogP contribution >= 0.6 is 0 Å². The van der Waals surface area contributed by atoms with E-state index in [1.54, 1.807) is 28.3 Å². The number of rotatable bonds is 8. The van der Waals surface area contributed by atoms with Crippen LogP contribution in [0.5, 0.6) is 17.2 Å². The van der Waals surface area contributed by atoms with Gasteiger partial charge in [0.2, 0.25) is 0 Å². The Morgan fingerprint density at radius 2 is 0.935 bits per heavy atom. The molecule has 0 N–H and O–H groups in total. The molecule has 0 heterocycles. The van der Waals surface area contributed by atoms with Crippen molar-refractivity contribution >= 4 is 29.8 Å². The van der Waals surface area contributed by atoms with Crippen LogP contribution in [0.3, 0.4) is 0 Å². The highest BCUT2D eigenvalue weighted by Gasteiger charge is 2.45. The summed E-state index contributed by atoms with van der Waals surface area (Å²) in [4.78, 5) is 12.9. The van der Waals surface area contributed by atoms with Crippen LogP contribution in [0.2, 0.25) is 0 Å². The van der Waals surface area contributed by atoms with Crippen LogP contribution in [0.1, 0.15) is 6.92 Å². The molecule has 0 aliphatic rings. The summed E-state index contributed by atoms with van der Waals surface area (Å²) < 4.78 is 22.4. The van der Waals surface area contributed by atoms with E-state index in [-0.39, 0.29) is 0 Å². The van der Waals surface area contributed by atoms with Gasteiger partial charge in [-0.05, 0) is 58.9 Å². The van der Waals surface area contributed by atoms with Crippen LogP contribution < -0.4 is 29.8 Å². The Labute approximate surface area is 184 Å². The summed E-state index contributed by atoms with van der Waals surface area (Å²) in [5.41, 5.74) is 0.340. The van der Waals surface area contributed by atoms with Gasteiger partial charge in [-0.1, -0.05) is 43.0 Å². The maximum absolute atomic E-state index is 12.9. The number of carbonyl (C=O) groups is 1. The highest BCUT2D eigenvalue weighted by molar-refractivity contribution is 7.07. The monoisotopic (exact) mass is 434 g/mol. The van der Waals surface area contributed by atoms with Gasteiger partial charge in [0.15, 0.2) is 0 Å². The first-order valence-electron chi connectivity index (χ1n) is 9.77. The van der Waals surface area contributed by atoms with Gasteiger partial charge in [0, 0.05) is 5.57 Å². The molecule has 0 amide bonds. The molecule has 3 aromatic carbocycles. The molecule has 0 atom stereocenters. The zero-order valence-electron chi connectivity index (χ0n) is 18.2. The third kappa shape index (κ3) is 4.49. The molecule has 0 saturated carbocycles. The average Bonchev–Trinajstić information content (AvgIpc) is 2.82. The van der Waals surface area contributed by atoms with Crippen LogP contribution in [-0.4, -0.2) is 35.6 Å². The Morgan fingerprint density at radius 1 is 0.645 bits per heavy atom. The van der Waals surface area contributed by atoms with E-state index < -0.39 is 14.3 Å². The Morgan fingerprint density at radius 3 is 1.16 bits per heavy atom. The molecule has 3 rings (SSSR count). The predicted octanol–water partition coefficient (Wildman–Crippen LogP) is 2.80. The predicted molar refractivity (Wildman–Crippen MR) is 125 cm³/mol. The van der Waals surface area contributed by atoms with Gasteiger partial charge in [-0.3, -0.25) is 0 Å². The van der Waals surface area contributed by atoms with E-state index in [9.17, 15) is 4.79 Å². The summed E-state index contributed by atoms with van der Waals surface area (Å²) in [6.45, 7) is 5.44. The lowest BCUT2D eigenvalue weighted by Crippen LogP contribution is -2.70. The highest BCUT2D eigenvalue weighted by atomic mass is 28.4. The van der Waals surface area contributed by atoms with Crippen molar-refractivity contribution in [1.29, 1.82) is 0 Å². The summed E-state index contributed by atoms with van der Waals surface area (Å²) in [7, 11) is 1.62. The molecule has 3 aromatic rings. The average molecular weight is 435 g/mol. The zero-order chi connectivity index (χ0) is 22.4. The van der Waals surface area contributed by atoms with E-state index >= 15 is 0 Å². The Balaban J connectivity index is 2.31. The Bertz CT molecular complexity index is 925. The van der Waals surface area contributed by atoms with Crippen molar-refractivity contribution < 1.29 is 23.4 Å². The number of methoxy groups -OCH3 is 3. The van der Waals surface area contributed by atoms with Gasteiger partial charge in [0.1, 0.15) is 17.2 Å². The first kappa shape index (κ1) is 22.2. The molecule has 0 radical (unpaired) electrons. The quantitative estimate of drug-likeness (QED) is 0.310. The van der Waals surface area contributed by atoms with Gasteiger partial charge in [-0.2, -0.15) is 0 Å². The van der Waals surface area contributed by atoms with Crippen molar-refractivity contribution in [3.05, 3.63) is 84.9 Å². The summed E-state index contributed by atoms with van der Waals surface area (Å²) in [6.07, 6.45) is 0. The van der Waals surface area contributed by atoms with E-state index in [1.807, 2.05) is 72.8 Å². The number of hydrogen-bond acceptors (Lipinski definition) is 5. The van der Waals surface area contributed by atoms with E-state index in [0.717, 1.165) is 32.8 Å². The maximum Gasteiger partial charge on any atom is 0.350 e. The fourth-order valence-electron chi connectivity index (χ4n) is 3.38. The Hall–Kier alpha value is -3.51. The second-order valence-corrected chi connectivity index (χ2v) is 10.3. The van der Waals surface area contributed by atoms with Crippen LogP contribution in [0.4, 0.5) is 0 Å². The molecular formula is C25H26O5Si. The lowest BCUT2D eigenvalue weighted by molar-refractivity contribution is -0.130. The molecule has 0 unspecified atom stereocenters. The van der Waals surface area contributed by atoms with E-state index in [4.69, 9.17) is 18.6 Å². The van der Waals surface area contributed by atoms with Gasteiger partial charge in [0.05, 0.1) is 21.3 Å². The fraction of sp³-hybridized carbons (Fsp3) is 0.160. The summed E-state index contributed by atoms with van der Waals surface area (Å²) in [5.74, 6) is 1.74. The van der Waals surface area contributed by atoms with Crippen LogP contribution in [0.15, 0.2) is 84.9 Å². The molecular weight excluding hydrogens is 408 g/mol. The molecule has 0 spiro atoms. The second-order valence-electron chi connectivity index (χ2n) is 7.04. The normalized spacial score (nSPS) is 10.8. The van der Waals surface area contributed by atoms with E-state index in [2.05, 4.69) is 6.58 Å². The van der Waals surface area contributed by atoms with Crippen LogP contribution in [-0.2, 0) is 9.22 Å². The molecule has 0 aliphatic carbocycles. The molecule has 0 saturated heterocycles. The SMILES string of the molecule is C=C(C)C(=O)O[Si](c1ccc(OC)cc1)(c1ccc(OC)cc1)c1ccc(OC)cc1. The molecule has 5 nitrogen and oxygen atoms in total.